The summed E-state index contributed by atoms with van der Waals surface area (Å²) >= 11 is 6.40. The molecule has 3 heterocycles. The van der Waals surface area contributed by atoms with Crippen LogP contribution in [0.4, 0.5) is 5.69 Å². The lowest BCUT2D eigenvalue weighted by Crippen LogP contribution is -2.48. The fourth-order valence-electron chi connectivity index (χ4n) is 7.38. The van der Waals surface area contributed by atoms with Gasteiger partial charge in [0, 0.05) is 47.5 Å². The Morgan fingerprint density at radius 3 is 2.84 bits per heavy atom. The molecule has 0 unspecified atom stereocenters. The van der Waals surface area contributed by atoms with Gasteiger partial charge in [0.2, 0.25) is 10.0 Å². The van der Waals surface area contributed by atoms with Gasteiger partial charge >= 0.3 is 0 Å². The maximum Gasteiger partial charge on any atom is 0.264 e. The van der Waals surface area contributed by atoms with Crippen molar-refractivity contribution in [3.05, 3.63) is 70.3 Å². The number of hydrogen-bond acceptors (Lipinski definition) is 7. The largest absolute Gasteiger partial charge is 0.490 e. The standard InChI is InChI=1S/C33H41ClN2O6S/c1-21-5-3-6-26(18-37)31-25(12-14-41-31)17-36-19-33(13-4-7-23-15-27(34)9-10-28(23)33)20-42-30-11-8-24(16-29(30)36)32(38)35-43(39,40)22(21)2/h3,6,8-11,15-16,21-22,25-26,31,37H,4-5,7,12-14,17-20H2,1-2H3,(H,35,38)/b6-3+/t21-,22+,25-,26+,31+,33-/m0/s1. The molecule has 1 aliphatic carbocycles. The number of nitrogens with zero attached hydrogens (tertiary/aromatic N) is 1. The van der Waals surface area contributed by atoms with E-state index in [0.717, 1.165) is 36.4 Å². The van der Waals surface area contributed by atoms with Gasteiger partial charge in [-0.2, -0.15) is 0 Å². The summed E-state index contributed by atoms with van der Waals surface area (Å²) in [5.74, 6) is -0.299. The number of aliphatic hydroxyl groups excluding tert-OH is 1. The van der Waals surface area contributed by atoms with E-state index >= 15 is 0 Å². The van der Waals surface area contributed by atoms with Crippen molar-refractivity contribution in [2.75, 3.05) is 37.8 Å². The molecule has 0 saturated carbocycles. The van der Waals surface area contributed by atoms with Gasteiger partial charge in [0.15, 0.2) is 0 Å². The normalized spacial score (nSPS) is 33.1. The van der Waals surface area contributed by atoms with Gasteiger partial charge in [-0.3, -0.25) is 4.79 Å². The first-order valence-electron chi connectivity index (χ1n) is 15.4. The molecule has 1 amide bonds. The van der Waals surface area contributed by atoms with Crippen LogP contribution in [0.25, 0.3) is 0 Å². The minimum Gasteiger partial charge on any atom is -0.490 e. The Balaban J connectivity index is 1.45. The van der Waals surface area contributed by atoms with Gasteiger partial charge in [0.05, 0.1) is 30.3 Å². The zero-order valence-corrected chi connectivity index (χ0v) is 26.4. The highest BCUT2D eigenvalue weighted by Crippen LogP contribution is 2.45. The maximum absolute atomic E-state index is 13.4. The van der Waals surface area contributed by atoms with Crippen molar-refractivity contribution in [3.63, 3.8) is 0 Å². The molecule has 1 fully saturated rings. The Morgan fingerprint density at radius 1 is 1.19 bits per heavy atom. The van der Waals surface area contributed by atoms with Gasteiger partial charge in [-0.05, 0) is 86.4 Å². The topological polar surface area (TPSA) is 105 Å². The number of fused-ring (bicyclic) bond motifs is 4. The molecule has 4 aliphatic rings. The summed E-state index contributed by atoms with van der Waals surface area (Å²) in [6, 6.07) is 11.3. The average Bonchev–Trinajstić information content (AvgIpc) is 3.38. The average molecular weight is 629 g/mol. The molecule has 3 aliphatic heterocycles. The number of allylic oxidation sites excluding steroid dienone is 1. The van der Waals surface area contributed by atoms with Crippen LogP contribution >= 0.6 is 11.6 Å². The molecule has 2 bridgehead atoms. The van der Waals surface area contributed by atoms with Gasteiger partial charge in [0.25, 0.3) is 5.91 Å². The molecule has 232 valence electrons. The smallest absolute Gasteiger partial charge is 0.264 e. The van der Waals surface area contributed by atoms with Crippen LogP contribution in [0, 0.1) is 17.8 Å². The second-order valence-electron chi connectivity index (χ2n) is 12.8. The fourth-order valence-corrected chi connectivity index (χ4v) is 8.86. The van der Waals surface area contributed by atoms with E-state index in [1.165, 1.54) is 11.1 Å². The first-order valence-corrected chi connectivity index (χ1v) is 17.3. The number of halogens is 1. The number of anilines is 1. The summed E-state index contributed by atoms with van der Waals surface area (Å²) in [4.78, 5) is 15.7. The third-order valence-electron chi connectivity index (χ3n) is 10.1. The van der Waals surface area contributed by atoms with Crippen molar-refractivity contribution in [1.82, 2.24) is 4.72 Å². The highest BCUT2D eigenvalue weighted by molar-refractivity contribution is 7.90. The predicted octanol–water partition coefficient (Wildman–Crippen LogP) is 4.87. The molecule has 6 atom stereocenters. The van der Waals surface area contributed by atoms with E-state index in [1.54, 1.807) is 25.1 Å². The van der Waals surface area contributed by atoms with Gasteiger partial charge in [-0.1, -0.05) is 36.7 Å². The van der Waals surface area contributed by atoms with Crippen LogP contribution in [0.3, 0.4) is 0 Å². The van der Waals surface area contributed by atoms with E-state index in [-0.39, 0.29) is 41.4 Å². The molecular formula is C33H41ClN2O6S. The second kappa shape index (κ2) is 12.1. The summed E-state index contributed by atoms with van der Waals surface area (Å²) in [6.07, 6.45) is 8.01. The highest BCUT2D eigenvalue weighted by atomic mass is 35.5. The van der Waals surface area contributed by atoms with Crippen LogP contribution < -0.4 is 14.4 Å². The minimum atomic E-state index is -3.93. The summed E-state index contributed by atoms with van der Waals surface area (Å²) in [5, 5.41) is 10.3. The van der Waals surface area contributed by atoms with Crippen molar-refractivity contribution in [1.29, 1.82) is 0 Å². The molecule has 10 heteroatoms. The Morgan fingerprint density at radius 2 is 2.02 bits per heavy atom. The third kappa shape index (κ3) is 5.93. The SMILES string of the molecule is C[C@@H]1[C@@H](C)C/C=C/[C@H](CO)[C@@H]2OCC[C@H]2CN2C[C@@]3(CCCc4cc(Cl)ccc43)COc3ccc(cc32)C(=O)NS1(=O)=O. The second-order valence-corrected chi connectivity index (χ2v) is 15.3. The lowest BCUT2D eigenvalue weighted by molar-refractivity contribution is 0.0368. The number of aliphatic hydroxyl groups is 1. The number of amides is 1. The fraction of sp³-hybridized carbons (Fsp3) is 0.545. The Hall–Kier alpha value is -2.59. The lowest BCUT2D eigenvalue weighted by Gasteiger charge is -2.42. The van der Waals surface area contributed by atoms with Gasteiger partial charge < -0.3 is 19.5 Å². The molecule has 8 nitrogen and oxygen atoms in total. The van der Waals surface area contributed by atoms with Gasteiger partial charge in [0.1, 0.15) is 5.75 Å². The first kappa shape index (κ1) is 30.4. The number of rotatable bonds is 1. The summed E-state index contributed by atoms with van der Waals surface area (Å²) in [6.45, 7) is 5.82. The number of benzene rings is 2. The van der Waals surface area contributed by atoms with Crippen molar-refractivity contribution >= 4 is 33.2 Å². The maximum atomic E-state index is 13.4. The van der Waals surface area contributed by atoms with E-state index in [4.69, 9.17) is 21.1 Å². The molecule has 43 heavy (non-hydrogen) atoms. The van der Waals surface area contributed by atoms with Crippen molar-refractivity contribution in [3.8, 4) is 5.75 Å². The van der Waals surface area contributed by atoms with Crippen LogP contribution in [0.5, 0.6) is 5.75 Å². The van der Waals surface area contributed by atoms with Gasteiger partial charge in [-0.15, -0.1) is 0 Å². The zero-order chi connectivity index (χ0) is 30.4. The summed E-state index contributed by atoms with van der Waals surface area (Å²) in [5.41, 5.74) is 3.22. The molecular weight excluding hydrogens is 588 g/mol. The molecule has 0 aromatic heterocycles. The molecule has 1 saturated heterocycles. The summed E-state index contributed by atoms with van der Waals surface area (Å²) < 4.78 is 41.6. The van der Waals surface area contributed by atoms with E-state index in [1.807, 2.05) is 25.1 Å². The molecule has 2 aromatic rings. The predicted molar refractivity (Wildman–Crippen MR) is 167 cm³/mol. The highest BCUT2D eigenvalue weighted by Gasteiger charge is 2.44. The number of nitrogens with one attached hydrogen (secondary N) is 1. The van der Waals surface area contributed by atoms with E-state index in [2.05, 4.69) is 21.8 Å². The van der Waals surface area contributed by atoms with Crippen LogP contribution in [0.15, 0.2) is 48.6 Å². The van der Waals surface area contributed by atoms with Crippen molar-refractivity contribution in [2.24, 2.45) is 17.8 Å². The Bertz CT molecular complexity index is 1510. The number of carbonyl (C=O) groups is 1. The van der Waals surface area contributed by atoms with E-state index in [0.29, 0.717) is 38.5 Å². The molecule has 0 radical (unpaired) electrons. The van der Waals surface area contributed by atoms with E-state index in [9.17, 15) is 18.3 Å². The number of carbonyl (C=O) groups excluding carboxylic acids is 1. The number of ether oxygens (including phenoxy) is 2. The third-order valence-corrected chi connectivity index (χ3v) is 12.2. The van der Waals surface area contributed by atoms with Crippen LogP contribution in [-0.2, 0) is 26.6 Å². The van der Waals surface area contributed by atoms with Crippen LogP contribution in [-0.4, -0.2) is 63.7 Å². The van der Waals surface area contributed by atoms with E-state index < -0.39 is 21.2 Å². The Labute approximate surface area is 259 Å². The number of sulfonamides is 1. The number of aryl methyl sites for hydroxylation is 1. The molecule has 6 rings (SSSR count). The molecule has 2 aromatic carbocycles. The molecule has 2 N–H and O–H groups in total. The molecule has 1 spiro atoms. The van der Waals surface area contributed by atoms with Gasteiger partial charge in [-0.25, -0.2) is 13.1 Å². The summed E-state index contributed by atoms with van der Waals surface area (Å²) in [7, 11) is -3.93. The van der Waals surface area contributed by atoms with Crippen LogP contribution in [0.2, 0.25) is 5.02 Å². The quantitative estimate of drug-likeness (QED) is 0.434. The number of hydrogen-bond donors (Lipinski definition) is 2. The van der Waals surface area contributed by atoms with Crippen molar-refractivity contribution in [2.45, 2.75) is 62.7 Å². The zero-order valence-electron chi connectivity index (χ0n) is 24.8. The first-order chi connectivity index (χ1) is 20.6. The monoisotopic (exact) mass is 628 g/mol. The van der Waals surface area contributed by atoms with Crippen LogP contribution in [0.1, 0.15) is 61.0 Å². The minimum absolute atomic E-state index is 0.0577. The Kier molecular flexibility index (Phi) is 8.54. The van der Waals surface area contributed by atoms with Crippen molar-refractivity contribution < 1.29 is 27.8 Å². The lowest BCUT2D eigenvalue weighted by atomic mass is 9.70.